The van der Waals surface area contributed by atoms with Crippen LogP contribution in [0.1, 0.15) is 47.1 Å². The van der Waals surface area contributed by atoms with Crippen molar-refractivity contribution < 1.29 is 19.0 Å². The second kappa shape index (κ2) is 12.8. The monoisotopic (exact) mass is 493 g/mol. The van der Waals surface area contributed by atoms with E-state index in [1.54, 1.807) is 0 Å². The average Bonchev–Trinajstić information content (AvgIpc) is 2.73. The Morgan fingerprint density at radius 3 is 2.09 bits per heavy atom. The van der Waals surface area contributed by atoms with Gasteiger partial charge >= 0.3 is 6.09 Å². The molecule has 0 aliphatic heterocycles. The van der Waals surface area contributed by atoms with Crippen molar-refractivity contribution in [2.45, 2.75) is 52.6 Å². The highest BCUT2D eigenvalue weighted by Gasteiger charge is 2.16. The van der Waals surface area contributed by atoms with Gasteiger partial charge in [0.15, 0.2) is 5.82 Å². The van der Waals surface area contributed by atoms with Gasteiger partial charge in [0.05, 0.1) is 26.4 Å². The fraction of sp³-hybridized carbons (Fsp3) is 0.583. The summed E-state index contributed by atoms with van der Waals surface area (Å²) in [6.07, 6.45) is -0.457. The van der Waals surface area contributed by atoms with Gasteiger partial charge in [0.2, 0.25) is 11.2 Å². The lowest BCUT2D eigenvalue weighted by Gasteiger charge is -2.19. The molecule has 2 aromatic rings. The predicted octanol–water partition coefficient (Wildman–Crippen LogP) is 4.46. The lowest BCUT2D eigenvalue weighted by atomic mass is 9.87. The van der Waals surface area contributed by atoms with Gasteiger partial charge in [-0.05, 0) is 43.4 Å². The van der Waals surface area contributed by atoms with Crippen molar-refractivity contribution >= 4 is 23.6 Å². The lowest BCUT2D eigenvalue weighted by molar-refractivity contribution is 0.0415. The molecule has 0 bridgehead atoms. The molecule has 0 aliphatic rings. The van der Waals surface area contributed by atoms with Crippen LogP contribution < -0.4 is 10.6 Å². The van der Waals surface area contributed by atoms with Gasteiger partial charge in [-0.15, -0.1) is 0 Å². The summed E-state index contributed by atoms with van der Waals surface area (Å²) in [7, 11) is 0. The van der Waals surface area contributed by atoms with Crippen molar-refractivity contribution in [2.24, 2.45) is 0 Å². The second-order valence-corrected chi connectivity index (χ2v) is 10.00. The van der Waals surface area contributed by atoms with Crippen molar-refractivity contribution in [1.29, 1.82) is 0 Å². The van der Waals surface area contributed by atoms with Crippen LogP contribution in [0.4, 0.5) is 10.7 Å². The van der Waals surface area contributed by atoms with Crippen LogP contribution in [0.2, 0.25) is 5.28 Å². The summed E-state index contributed by atoms with van der Waals surface area (Å²) >= 11 is 6.09. The minimum atomic E-state index is -0.515. The predicted molar refractivity (Wildman–Crippen MR) is 133 cm³/mol. The second-order valence-electron chi connectivity index (χ2n) is 9.66. The Balaban J connectivity index is 1.65. The highest BCUT2D eigenvalue weighted by molar-refractivity contribution is 6.28. The van der Waals surface area contributed by atoms with E-state index in [2.05, 4.69) is 58.5 Å². The Morgan fingerprint density at radius 2 is 1.50 bits per heavy atom. The molecule has 0 saturated heterocycles. The largest absolute Gasteiger partial charge is 0.444 e. The van der Waals surface area contributed by atoms with Crippen molar-refractivity contribution in [2.75, 3.05) is 44.8 Å². The molecule has 34 heavy (non-hydrogen) atoms. The molecule has 0 saturated carbocycles. The molecule has 188 valence electrons. The Kier molecular flexibility index (Phi) is 10.5. The van der Waals surface area contributed by atoms with Gasteiger partial charge in [0.25, 0.3) is 0 Å². The molecule has 0 spiro atoms. The van der Waals surface area contributed by atoms with Crippen molar-refractivity contribution in [3.63, 3.8) is 0 Å². The van der Waals surface area contributed by atoms with E-state index in [0.717, 1.165) is 5.56 Å². The number of ether oxygens (including phenoxy) is 3. The molecule has 0 fully saturated rings. The van der Waals surface area contributed by atoms with Gasteiger partial charge in [-0.3, -0.25) is 0 Å². The molecule has 0 radical (unpaired) electrons. The number of amides is 1. The number of hydrogen-bond acceptors (Lipinski definition) is 8. The summed E-state index contributed by atoms with van der Waals surface area (Å²) in [6, 6.07) is 8.12. The van der Waals surface area contributed by atoms with E-state index >= 15 is 0 Å². The molecule has 1 amide bonds. The standard InChI is InChI=1S/C24H36ClN5O4/c1-23(2,3)18-9-7-17(8-10-18)19-28-20(25)30-21(29-19)26-11-13-32-15-16-33-14-12-27-22(31)34-24(4,5)6/h7-10H,11-16H2,1-6H3,(H,27,31)(H,26,28,29,30). The van der Waals surface area contributed by atoms with E-state index in [9.17, 15) is 4.79 Å². The van der Waals surface area contributed by atoms with Crippen LogP contribution in [-0.2, 0) is 19.6 Å². The van der Waals surface area contributed by atoms with Crippen LogP contribution >= 0.6 is 11.6 Å². The number of alkyl carbamates (subject to hydrolysis) is 1. The maximum Gasteiger partial charge on any atom is 0.407 e. The third-order valence-electron chi connectivity index (χ3n) is 4.43. The first-order valence-electron chi connectivity index (χ1n) is 11.3. The summed E-state index contributed by atoms with van der Waals surface area (Å²) in [5.74, 6) is 0.903. The highest BCUT2D eigenvalue weighted by atomic mass is 35.5. The Bertz CT molecular complexity index is 911. The SMILES string of the molecule is CC(C)(C)OC(=O)NCCOCCOCCNc1nc(Cl)nc(-c2ccc(C(C)(C)C)cc2)n1. The number of nitrogens with one attached hydrogen (secondary N) is 2. The molecule has 2 rings (SSSR count). The summed E-state index contributed by atoms with van der Waals surface area (Å²) < 4.78 is 16.1. The summed E-state index contributed by atoms with van der Waals surface area (Å²) in [4.78, 5) is 24.3. The number of hydrogen-bond donors (Lipinski definition) is 2. The molecule has 0 aliphatic carbocycles. The normalized spacial score (nSPS) is 11.9. The minimum absolute atomic E-state index is 0.0734. The van der Waals surface area contributed by atoms with Crippen molar-refractivity contribution in [3.8, 4) is 11.4 Å². The first-order valence-corrected chi connectivity index (χ1v) is 11.7. The third kappa shape index (κ3) is 10.6. The number of rotatable bonds is 11. The van der Waals surface area contributed by atoms with Gasteiger partial charge in [-0.2, -0.15) is 15.0 Å². The van der Waals surface area contributed by atoms with Crippen LogP contribution in [0.15, 0.2) is 24.3 Å². The van der Waals surface area contributed by atoms with E-state index in [1.165, 1.54) is 5.56 Å². The van der Waals surface area contributed by atoms with E-state index in [4.69, 9.17) is 25.8 Å². The highest BCUT2D eigenvalue weighted by Crippen LogP contribution is 2.25. The zero-order chi connectivity index (χ0) is 25.2. The van der Waals surface area contributed by atoms with Crippen molar-refractivity contribution in [3.05, 3.63) is 35.1 Å². The van der Waals surface area contributed by atoms with Crippen molar-refractivity contribution in [1.82, 2.24) is 20.3 Å². The Morgan fingerprint density at radius 1 is 0.882 bits per heavy atom. The molecule has 0 unspecified atom stereocenters. The van der Waals surface area contributed by atoms with E-state index in [0.29, 0.717) is 51.3 Å². The van der Waals surface area contributed by atoms with Gasteiger partial charge in [-0.25, -0.2) is 4.79 Å². The zero-order valence-electron chi connectivity index (χ0n) is 20.9. The Labute approximate surface area is 207 Å². The molecule has 1 aromatic carbocycles. The third-order valence-corrected chi connectivity index (χ3v) is 4.60. The summed E-state index contributed by atoms with van der Waals surface area (Å²) in [5.41, 5.74) is 1.66. The summed E-state index contributed by atoms with van der Waals surface area (Å²) in [6.45, 7) is 14.5. The molecule has 1 aromatic heterocycles. The molecule has 1 heterocycles. The topological polar surface area (TPSA) is 107 Å². The minimum Gasteiger partial charge on any atom is -0.444 e. The smallest absolute Gasteiger partial charge is 0.407 e. The number of anilines is 1. The molecule has 10 heteroatoms. The van der Waals surface area contributed by atoms with E-state index < -0.39 is 11.7 Å². The zero-order valence-corrected chi connectivity index (χ0v) is 21.7. The number of nitrogens with zero attached hydrogens (tertiary/aromatic N) is 3. The Hall–Kier alpha value is -2.49. The van der Waals surface area contributed by atoms with Gasteiger partial charge < -0.3 is 24.8 Å². The number of carbonyl (C=O) groups is 1. The average molecular weight is 494 g/mol. The van der Waals surface area contributed by atoms with Gasteiger partial charge in [-0.1, -0.05) is 45.0 Å². The molecular weight excluding hydrogens is 458 g/mol. The number of benzene rings is 1. The lowest BCUT2D eigenvalue weighted by Crippen LogP contribution is -2.34. The van der Waals surface area contributed by atoms with E-state index in [1.807, 2.05) is 32.9 Å². The first kappa shape index (κ1) is 27.8. The number of aromatic nitrogens is 3. The number of halogens is 1. The van der Waals surface area contributed by atoms with Crippen LogP contribution in [0.3, 0.4) is 0 Å². The molecule has 0 atom stereocenters. The van der Waals surface area contributed by atoms with E-state index in [-0.39, 0.29) is 10.7 Å². The van der Waals surface area contributed by atoms with Gasteiger partial charge in [0, 0.05) is 18.7 Å². The first-order chi connectivity index (χ1) is 15.9. The molecule has 9 nitrogen and oxygen atoms in total. The molecular formula is C24H36ClN5O4. The van der Waals surface area contributed by atoms with Gasteiger partial charge in [0.1, 0.15) is 5.60 Å². The van der Waals surface area contributed by atoms with Crippen LogP contribution in [0.5, 0.6) is 0 Å². The number of carbonyl (C=O) groups excluding carboxylic acids is 1. The quantitative estimate of drug-likeness (QED) is 0.442. The van der Waals surface area contributed by atoms with Crippen LogP contribution in [-0.4, -0.2) is 66.2 Å². The maximum absolute atomic E-state index is 11.5. The van der Waals surface area contributed by atoms with Crippen LogP contribution in [0, 0.1) is 0 Å². The van der Waals surface area contributed by atoms with Crippen LogP contribution in [0.25, 0.3) is 11.4 Å². The fourth-order valence-corrected chi connectivity index (χ4v) is 2.93. The molecule has 2 N–H and O–H groups in total. The summed E-state index contributed by atoms with van der Waals surface area (Å²) in [5, 5.41) is 5.86. The maximum atomic E-state index is 11.5. The fourth-order valence-electron chi connectivity index (χ4n) is 2.77.